The Morgan fingerprint density at radius 1 is 1.14 bits per heavy atom. The topological polar surface area (TPSA) is 42.3 Å². The first-order chi connectivity index (χ1) is 14.3. The maximum Gasteiger partial charge on any atom is 0.143 e. The van der Waals surface area contributed by atoms with Crippen LogP contribution in [0.1, 0.15) is 57.9 Å². The minimum atomic E-state index is 0.501. The molecular weight excluding hydrogens is 360 g/mol. The van der Waals surface area contributed by atoms with Gasteiger partial charge in [0.15, 0.2) is 0 Å². The number of para-hydroxylation sites is 1. The minimum absolute atomic E-state index is 0.501. The van der Waals surface area contributed by atoms with Gasteiger partial charge in [-0.1, -0.05) is 18.6 Å². The zero-order valence-electron chi connectivity index (χ0n) is 17.9. The third-order valence-corrected chi connectivity index (χ3v) is 6.36. The Hall–Kier alpha value is -1.85. The lowest BCUT2D eigenvalue weighted by molar-refractivity contribution is 0.216. The smallest absolute Gasteiger partial charge is 0.143 e. The van der Waals surface area contributed by atoms with E-state index in [1.165, 1.54) is 45.3 Å². The SMILES string of the molecule is C[C@H]1C[C@H](n2ccnc2-c2ccccc2OCCCCN2CCCCC2)CCN1. The number of hydrogen-bond acceptors (Lipinski definition) is 4. The van der Waals surface area contributed by atoms with E-state index < -0.39 is 0 Å². The Labute approximate surface area is 175 Å². The average Bonchev–Trinajstić information content (AvgIpc) is 3.24. The van der Waals surface area contributed by atoms with Crippen molar-refractivity contribution in [3.8, 4) is 17.1 Å². The van der Waals surface area contributed by atoms with Gasteiger partial charge in [0.25, 0.3) is 0 Å². The van der Waals surface area contributed by atoms with Crippen LogP contribution in [0.5, 0.6) is 5.75 Å². The van der Waals surface area contributed by atoms with Gasteiger partial charge >= 0.3 is 0 Å². The molecule has 2 aliphatic heterocycles. The molecule has 4 rings (SSSR count). The van der Waals surface area contributed by atoms with Crippen molar-refractivity contribution < 1.29 is 4.74 Å². The number of piperidine rings is 2. The number of nitrogens with zero attached hydrogens (tertiary/aromatic N) is 3. The predicted molar refractivity (Wildman–Crippen MR) is 118 cm³/mol. The molecule has 3 heterocycles. The van der Waals surface area contributed by atoms with Crippen LogP contribution in [0, 0.1) is 0 Å². The summed E-state index contributed by atoms with van der Waals surface area (Å²) >= 11 is 0. The first kappa shape index (κ1) is 20.4. The fraction of sp³-hybridized carbons (Fsp3) is 0.625. The molecule has 1 aromatic heterocycles. The van der Waals surface area contributed by atoms with Crippen LogP contribution in [0.25, 0.3) is 11.4 Å². The molecule has 0 spiro atoms. The number of hydrogen-bond donors (Lipinski definition) is 1. The Bertz CT molecular complexity index is 753. The number of unbranched alkanes of at least 4 members (excludes halogenated alkanes) is 1. The summed E-state index contributed by atoms with van der Waals surface area (Å²) in [6.07, 6.45) is 12.8. The molecule has 1 N–H and O–H groups in total. The summed E-state index contributed by atoms with van der Waals surface area (Å²) < 4.78 is 8.59. The van der Waals surface area contributed by atoms with Crippen molar-refractivity contribution in [1.29, 1.82) is 0 Å². The van der Waals surface area contributed by atoms with Gasteiger partial charge in [-0.05, 0) is 83.8 Å². The highest BCUT2D eigenvalue weighted by Crippen LogP contribution is 2.33. The van der Waals surface area contributed by atoms with Gasteiger partial charge in [-0.15, -0.1) is 0 Å². The Morgan fingerprint density at radius 2 is 2.00 bits per heavy atom. The van der Waals surface area contributed by atoms with E-state index in [2.05, 4.69) is 52.2 Å². The van der Waals surface area contributed by atoms with Crippen molar-refractivity contribution in [2.75, 3.05) is 32.8 Å². The third kappa shape index (κ3) is 5.40. The Kier molecular flexibility index (Phi) is 7.23. The number of nitrogens with one attached hydrogen (secondary N) is 1. The van der Waals surface area contributed by atoms with Crippen LogP contribution in [0.4, 0.5) is 0 Å². The van der Waals surface area contributed by atoms with Gasteiger partial charge in [0.1, 0.15) is 11.6 Å². The molecule has 5 heteroatoms. The minimum Gasteiger partial charge on any atom is -0.493 e. The lowest BCUT2D eigenvalue weighted by Gasteiger charge is -2.30. The van der Waals surface area contributed by atoms with Crippen LogP contribution in [-0.4, -0.2) is 53.3 Å². The Balaban J connectivity index is 1.35. The van der Waals surface area contributed by atoms with Gasteiger partial charge in [-0.2, -0.15) is 0 Å². The maximum absolute atomic E-state index is 6.23. The normalized spacial score (nSPS) is 23.2. The van der Waals surface area contributed by atoms with Crippen LogP contribution in [-0.2, 0) is 0 Å². The molecule has 2 aromatic rings. The monoisotopic (exact) mass is 396 g/mol. The number of aromatic nitrogens is 2. The van der Waals surface area contributed by atoms with E-state index in [4.69, 9.17) is 9.72 Å². The number of rotatable bonds is 8. The average molecular weight is 397 g/mol. The number of likely N-dealkylation sites (tertiary alicyclic amines) is 1. The maximum atomic E-state index is 6.23. The first-order valence-corrected chi connectivity index (χ1v) is 11.5. The van der Waals surface area contributed by atoms with Crippen LogP contribution in [0.15, 0.2) is 36.7 Å². The van der Waals surface area contributed by atoms with Gasteiger partial charge in [0.2, 0.25) is 0 Å². The molecule has 2 atom stereocenters. The molecule has 0 bridgehead atoms. The molecule has 0 aliphatic carbocycles. The van der Waals surface area contributed by atoms with Gasteiger partial charge in [-0.25, -0.2) is 4.98 Å². The van der Waals surface area contributed by atoms with E-state index >= 15 is 0 Å². The fourth-order valence-corrected chi connectivity index (χ4v) is 4.75. The summed E-state index contributed by atoms with van der Waals surface area (Å²) in [5, 5.41) is 3.55. The van der Waals surface area contributed by atoms with E-state index in [0.29, 0.717) is 12.1 Å². The van der Waals surface area contributed by atoms with Crippen LogP contribution in [0.2, 0.25) is 0 Å². The lowest BCUT2D eigenvalue weighted by atomic mass is 10.00. The third-order valence-electron chi connectivity index (χ3n) is 6.36. The molecule has 0 unspecified atom stereocenters. The highest BCUT2D eigenvalue weighted by Gasteiger charge is 2.23. The number of imidazole rings is 1. The van der Waals surface area contributed by atoms with E-state index in [0.717, 1.165) is 49.6 Å². The Morgan fingerprint density at radius 3 is 2.86 bits per heavy atom. The number of ether oxygens (including phenoxy) is 1. The van der Waals surface area contributed by atoms with Crippen molar-refractivity contribution in [2.45, 2.75) is 64.0 Å². The number of benzene rings is 1. The van der Waals surface area contributed by atoms with Crippen molar-refractivity contribution in [1.82, 2.24) is 19.8 Å². The second kappa shape index (κ2) is 10.3. The van der Waals surface area contributed by atoms with Gasteiger partial charge in [0, 0.05) is 24.5 Å². The molecule has 0 amide bonds. The highest BCUT2D eigenvalue weighted by molar-refractivity contribution is 5.64. The fourth-order valence-electron chi connectivity index (χ4n) is 4.75. The summed E-state index contributed by atoms with van der Waals surface area (Å²) in [6.45, 7) is 7.88. The second-order valence-electron chi connectivity index (χ2n) is 8.65. The second-order valence-corrected chi connectivity index (χ2v) is 8.65. The molecule has 2 saturated heterocycles. The van der Waals surface area contributed by atoms with E-state index in [1.807, 2.05) is 6.20 Å². The van der Waals surface area contributed by atoms with E-state index in [9.17, 15) is 0 Å². The molecule has 1 aromatic carbocycles. The van der Waals surface area contributed by atoms with Crippen LogP contribution < -0.4 is 10.1 Å². The van der Waals surface area contributed by atoms with Crippen molar-refractivity contribution >= 4 is 0 Å². The molecule has 158 valence electrons. The summed E-state index contributed by atoms with van der Waals surface area (Å²) in [5.41, 5.74) is 1.11. The summed E-state index contributed by atoms with van der Waals surface area (Å²) in [6, 6.07) is 9.43. The summed E-state index contributed by atoms with van der Waals surface area (Å²) in [4.78, 5) is 7.31. The highest BCUT2D eigenvalue weighted by atomic mass is 16.5. The van der Waals surface area contributed by atoms with Crippen molar-refractivity contribution in [3.05, 3.63) is 36.7 Å². The predicted octanol–water partition coefficient (Wildman–Crippen LogP) is 4.51. The molecule has 2 fully saturated rings. The largest absolute Gasteiger partial charge is 0.493 e. The molecule has 0 radical (unpaired) electrons. The van der Waals surface area contributed by atoms with Gasteiger partial charge < -0.3 is 19.5 Å². The zero-order valence-corrected chi connectivity index (χ0v) is 17.9. The molecule has 5 nitrogen and oxygen atoms in total. The molecule has 29 heavy (non-hydrogen) atoms. The first-order valence-electron chi connectivity index (χ1n) is 11.5. The van der Waals surface area contributed by atoms with Gasteiger partial charge in [-0.3, -0.25) is 0 Å². The van der Waals surface area contributed by atoms with E-state index in [-0.39, 0.29) is 0 Å². The summed E-state index contributed by atoms with van der Waals surface area (Å²) in [5.74, 6) is 1.99. The summed E-state index contributed by atoms with van der Waals surface area (Å²) in [7, 11) is 0. The lowest BCUT2D eigenvalue weighted by Crippen LogP contribution is -2.36. The standard InChI is InChI=1S/C24H36N4O/c1-20-19-21(11-12-25-20)28-17-13-26-24(28)22-9-3-4-10-23(22)29-18-8-7-16-27-14-5-2-6-15-27/h3-4,9-10,13,17,20-21,25H,2,5-8,11-12,14-16,18-19H2,1H3/t20-,21+/m0/s1. The van der Waals surface area contributed by atoms with Crippen LogP contribution in [0.3, 0.4) is 0 Å². The molecule has 0 saturated carbocycles. The quantitative estimate of drug-likeness (QED) is 0.667. The van der Waals surface area contributed by atoms with Gasteiger partial charge in [0.05, 0.1) is 12.2 Å². The van der Waals surface area contributed by atoms with Crippen LogP contribution >= 0.6 is 0 Å². The van der Waals surface area contributed by atoms with Crippen molar-refractivity contribution in [3.63, 3.8) is 0 Å². The van der Waals surface area contributed by atoms with Crippen molar-refractivity contribution in [2.24, 2.45) is 0 Å². The molecular formula is C24H36N4O. The zero-order chi connectivity index (χ0) is 19.9. The van der Waals surface area contributed by atoms with E-state index in [1.54, 1.807) is 0 Å². The molecule has 2 aliphatic rings.